The standard InChI is InChI=1S/C13H18N2O6S/c1-19-5-4-14-13(16)7-15-22(17,18)8-10-2-3-11-12(6-10)21-9-20-11/h2-3,6,15H,4-5,7-9H2,1H3,(H,14,16). The number of fused-ring (bicyclic) bond motifs is 1. The summed E-state index contributed by atoms with van der Waals surface area (Å²) in [5.74, 6) is 0.456. The highest BCUT2D eigenvalue weighted by Gasteiger charge is 2.17. The number of ether oxygens (including phenoxy) is 3. The second-order valence-electron chi connectivity index (χ2n) is 4.61. The van der Waals surface area contributed by atoms with E-state index in [1.54, 1.807) is 18.2 Å². The van der Waals surface area contributed by atoms with Crippen molar-refractivity contribution < 1.29 is 27.4 Å². The van der Waals surface area contributed by atoms with Crippen molar-refractivity contribution in [1.29, 1.82) is 0 Å². The maximum atomic E-state index is 11.9. The first-order chi connectivity index (χ1) is 10.5. The van der Waals surface area contributed by atoms with Crippen LogP contribution in [-0.4, -0.2) is 47.9 Å². The van der Waals surface area contributed by atoms with Gasteiger partial charge in [0.2, 0.25) is 22.7 Å². The maximum absolute atomic E-state index is 11.9. The molecule has 0 atom stereocenters. The maximum Gasteiger partial charge on any atom is 0.235 e. The minimum Gasteiger partial charge on any atom is -0.454 e. The summed E-state index contributed by atoms with van der Waals surface area (Å²) in [5.41, 5.74) is 0.552. The van der Waals surface area contributed by atoms with E-state index in [-0.39, 0.29) is 19.1 Å². The molecule has 122 valence electrons. The first-order valence-corrected chi connectivity index (χ1v) is 8.27. The summed E-state index contributed by atoms with van der Waals surface area (Å²) in [4.78, 5) is 11.4. The smallest absolute Gasteiger partial charge is 0.235 e. The van der Waals surface area contributed by atoms with Crippen molar-refractivity contribution in [3.8, 4) is 11.5 Å². The van der Waals surface area contributed by atoms with Gasteiger partial charge in [-0.25, -0.2) is 13.1 Å². The van der Waals surface area contributed by atoms with Gasteiger partial charge in [0.25, 0.3) is 0 Å². The summed E-state index contributed by atoms with van der Waals surface area (Å²) in [6, 6.07) is 4.91. The van der Waals surface area contributed by atoms with Gasteiger partial charge in [-0.3, -0.25) is 4.79 Å². The highest BCUT2D eigenvalue weighted by molar-refractivity contribution is 7.88. The van der Waals surface area contributed by atoms with E-state index in [1.165, 1.54) is 7.11 Å². The van der Waals surface area contributed by atoms with Crippen LogP contribution in [0.25, 0.3) is 0 Å². The third-order valence-corrected chi connectivity index (χ3v) is 4.17. The van der Waals surface area contributed by atoms with Gasteiger partial charge in [-0.2, -0.15) is 0 Å². The Morgan fingerprint density at radius 2 is 2.09 bits per heavy atom. The van der Waals surface area contributed by atoms with Gasteiger partial charge in [0.1, 0.15) is 0 Å². The van der Waals surface area contributed by atoms with Crippen molar-refractivity contribution >= 4 is 15.9 Å². The Bertz CT molecular complexity index is 631. The SMILES string of the molecule is COCCNC(=O)CNS(=O)(=O)Cc1ccc2c(c1)OCO2. The van der Waals surface area contributed by atoms with Crippen molar-refractivity contribution in [2.45, 2.75) is 5.75 Å². The molecule has 0 spiro atoms. The second-order valence-corrected chi connectivity index (χ2v) is 6.42. The van der Waals surface area contributed by atoms with Crippen molar-refractivity contribution in [3.63, 3.8) is 0 Å². The molecule has 0 aliphatic carbocycles. The van der Waals surface area contributed by atoms with Gasteiger partial charge in [0.05, 0.1) is 18.9 Å². The van der Waals surface area contributed by atoms with Crippen molar-refractivity contribution in [3.05, 3.63) is 23.8 Å². The number of hydrogen-bond donors (Lipinski definition) is 2. The summed E-state index contributed by atoms with van der Waals surface area (Å²) in [6.07, 6.45) is 0. The number of sulfonamides is 1. The molecule has 2 rings (SSSR count). The molecule has 9 heteroatoms. The van der Waals surface area contributed by atoms with Crippen LogP contribution < -0.4 is 19.5 Å². The molecule has 0 unspecified atom stereocenters. The predicted octanol–water partition coefficient (Wildman–Crippen LogP) is -0.403. The number of benzene rings is 1. The number of hydrogen-bond acceptors (Lipinski definition) is 6. The fourth-order valence-electron chi connectivity index (χ4n) is 1.83. The van der Waals surface area contributed by atoms with E-state index in [0.29, 0.717) is 30.2 Å². The first kappa shape index (κ1) is 16.5. The summed E-state index contributed by atoms with van der Waals surface area (Å²) in [6.45, 7) is 0.525. The molecule has 1 aromatic carbocycles. The Kier molecular flexibility index (Phi) is 5.58. The number of amides is 1. The van der Waals surface area contributed by atoms with Crippen LogP contribution in [0.2, 0.25) is 0 Å². The Hall–Kier alpha value is -1.84. The quantitative estimate of drug-likeness (QED) is 0.629. The highest BCUT2D eigenvalue weighted by Crippen LogP contribution is 2.32. The zero-order valence-electron chi connectivity index (χ0n) is 12.1. The molecule has 1 heterocycles. The number of methoxy groups -OCH3 is 1. The molecule has 0 saturated heterocycles. The largest absolute Gasteiger partial charge is 0.454 e. The van der Waals surface area contributed by atoms with Crippen LogP contribution in [0.1, 0.15) is 5.56 Å². The molecular weight excluding hydrogens is 312 g/mol. The number of nitrogens with one attached hydrogen (secondary N) is 2. The molecule has 0 saturated carbocycles. The van der Waals surface area contributed by atoms with Crippen LogP contribution in [-0.2, 0) is 25.3 Å². The normalized spacial score (nSPS) is 13.1. The highest BCUT2D eigenvalue weighted by atomic mass is 32.2. The topological polar surface area (TPSA) is 103 Å². The molecule has 1 aromatic rings. The van der Waals surface area contributed by atoms with Gasteiger partial charge >= 0.3 is 0 Å². The molecule has 0 radical (unpaired) electrons. The van der Waals surface area contributed by atoms with Gasteiger partial charge < -0.3 is 19.5 Å². The molecule has 2 N–H and O–H groups in total. The summed E-state index contributed by atoms with van der Waals surface area (Å²) in [5, 5.41) is 2.53. The third-order valence-electron chi connectivity index (χ3n) is 2.87. The number of carbonyl (C=O) groups excluding carboxylic acids is 1. The molecule has 0 bridgehead atoms. The summed E-state index contributed by atoms with van der Waals surface area (Å²) < 4.78 is 41.3. The third kappa shape index (κ3) is 4.86. The van der Waals surface area contributed by atoms with E-state index in [4.69, 9.17) is 14.2 Å². The lowest BCUT2D eigenvalue weighted by Gasteiger charge is -2.08. The van der Waals surface area contributed by atoms with E-state index < -0.39 is 15.9 Å². The van der Waals surface area contributed by atoms with Crippen molar-refractivity contribution in [2.24, 2.45) is 0 Å². The average molecular weight is 330 g/mol. The van der Waals surface area contributed by atoms with E-state index in [1.807, 2.05) is 0 Å². The van der Waals surface area contributed by atoms with Crippen molar-refractivity contribution in [1.82, 2.24) is 10.0 Å². The van der Waals surface area contributed by atoms with Gasteiger partial charge in [-0.05, 0) is 17.7 Å². The van der Waals surface area contributed by atoms with Crippen LogP contribution in [0.4, 0.5) is 0 Å². The van der Waals surface area contributed by atoms with E-state index >= 15 is 0 Å². The van der Waals surface area contributed by atoms with Crippen molar-refractivity contribution in [2.75, 3.05) is 33.6 Å². The number of carbonyl (C=O) groups is 1. The Balaban J connectivity index is 1.84. The second kappa shape index (κ2) is 7.43. The molecule has 1 aliphatic rings. The van der Waals surface area contributed by atoms with Crippen LogP contribution in [0.5, 0.6) is 11.5 Å². The monoisotopic (exact) mass is 330 g/mol. The van der Waals surface area contributed by atoms with E-state index in [0.717, 1.165) is 0 Å². The lowest BCUT2D eigenvalue weighted by atomic mass is 10.2. The first-order valence-electron chi connectivity index (χ1n) is 6.62. The fourth-order valence-corrected chi connectivity index (χ4v) is 2.90. The summed E-state index contributed by atoms with van der Waals surface area (Å²) in [7, 11) is -2.10. The molecule has 8 nitrogen and oxygen atoms in total. The molecule has 0 fully saturated rings. The summed E-state index contributed by atoms with van der Waals surface area (Å²) >= 11 is 0. The lowest BCUT2D eigenvalue weighted by Crippen LogP contribution is -2.38. The minimum absolute atomic E-state index is 0.130. The zero-order chi connectivity index (χ0) is 16.0. The van der Waals surface area contributed by atoms with E-state index in [2.05, 4.69) is 10.0 Å². The Labute approximate surface area is 128 Å². The fraction of sp³-hybridized carbons (Fsp3) is 0.462. The van der Waals surface area contributed by atoms with Crippen LogP contribution >= 0.6 is 0 Å². The van der Waals surface area contributed by atoms with Crippen LogP contribution in [0.15, 0.2) is 18.2 Å². The molecule has 0 aromatic heterocycles. The Morgan fingerprint density at radius 1 is 1.32 bits per heavy atom. The minimum atomic E-state index is -3.62. The zero-order valence-corrected chi connectivity index (χ0v) is 12.9. The van der Waals surface area contributed by atoms with E-state index in [9.17, 15) is 13.2 Å². The molecular formula is C13H18N2O6S. The molecule has 1 amide bonds. The predicted molar refractivity (Wildman–Crippen MR) is 78.1 cm³/mol. The van der Waals surface area contributed by atoms with Gasteiger partial charge in [-0.1, -0.05) is 6.07 Å². The molecule has 22 heavy (non-hydrogen) atoms. The van der Waals surface area contributed by atoms with Gasteiger partial charge in [0.15, 0.2) is 11.5 Å². The number of rotatable bonds is 8. The lowest BCUT2D eigenvalue weighted by molar-refractivity contribution is -0.120. The molecule has 1 aliphatic heterocycles. The van der Waals surface area contributed by atoms with Gasteiger partial charge in [0, 0.05) is 13.7 Å². The average Bonchev–Trinajstić information content (AvgIpc) is 2.93. The Morgan fingerprint density at radius 3 is 2.86 bits per heavy atom. The van der Waals surface area contributed by atoms with Gasteiger partial charge in [-0.15, -0.1) is 0 Å². The van der Waals surface area contributed by atoms with Crippen LogP contribution in [0, 0.1) is 0 Å². The van der Waals surface area contributed by atoms with Crippen LogP contribution in [0.3, 0.4) is 0 Å².